The highest BCUT2D eigenvalue weighted by Gasteiger charge is 2.25. The van der Waals surface area contributed by atoms with Crippen molar-refractivity contribution in [2.75, 3.05) is 5.32 Å². The molecule has 0 saturated heterocycles. The molecule has 1 aromatic carbocycles. The summed E-state index contributed by atoms with van der Waals surface area (Å²) in [5, 5.41) is 9.34. The van der Waals surface area contributed by atoms with Crippen molar-refractivity contribution in [2.24, 2.45) is 0 Å². The Morgan fingerprint density at radius 1 is 1.26 bits per heavy atom. The van der Waals surface area contributed by atoms with Crippen LogP contribution in [0.1, 0.15) is 50.1 Å². The summed E-state index contributed by atoms with van der Waals surface area (Å²) in [5.41, 5.74) is 6.37. The van der Waals surface area contributed by atoms with E-state index in [-0.39, 0.29) is 0 Å². The van der Waals surface area contributed by atoms with E-state index >= 15 is 0 Å². The minimum absolute atomic E-state index is 0.435. The highest BCUT2D eigenvalue weighted by atomic mass is 79.9. The van der Waals surface area contributed by atoms with Gasteiger partial charge in [-0.1, -0.05) is 47.4 Å². The van der Waals surface area contributed by atoms with E-state index in [1.807, 2.05) is 29.6 Å². The predicted molar refractivity (Wildman–Crippen MR) is 116 cm³/mol. The summed E-state index contributed by atoms with van der Waals surface area (Å²) in [5.74, 6) is 1.11. The molecule has 1 N–H and O–H groups in total. The number of fused-ring (bicyclic) bond motifs is 2. The molecule has 2 aromatic heterocycles. The lowest BCUT2D eigenvalue weighted by Crippen LogP contribution is -2.21. The third-order valence-corrected chi connectivity index (χ3v) is 6.30. The number of hydrogen-bond donors (Lipinski definition) is 1. The van der Waals surface area contributed by atoms with Crippen molar-refractivity contribution in [3.63, 3.8) is 0 Å². The fourth-order valence-electron chi connectivity index (χ4n) is 3.98. The number of nitrogens with zero attached hydrogens (tertiary/aromatic N) is 3. The van der Waals surface area contributed by atoms with Gasteiger partial charge in [0.2, 0.25) is 0 Å². The fourth-order valence-corrected chi connectivity index (χ4v) is 4.75. The van der Waals surface area contributed by atoms with Crippen molar-refractivity contribution in [1.82, 2.24) is 14.6 Å². The zero-order chi connectivity index (χ0) is 19.1. The molecule has 0 saturated carbocycles. The summed E-state index contributed by atoms with van der Waals surface area (Å²) >= 11 is 10.1. The van der Waals surface area contributed by atoms with E-state index in [0.717, 1.165) is 64.9 Å². The number of aromatic nitrogens is 3. The van der Waals surface area contributed by atoms with Crippen molar-refractivity contribution >= 4 is 39.0 Å². The second kappa shape index (κ2) is 7.44. The zero-order valence-corrected chi connectivity index (χ0v) is 18.3. The summed E-state index contributed by atoms with van der Waals surface area (Å²) in [6.45, 7) is 6.48. The summed E-state index contributed by atoms with van der Waals surface area (Å²) in [6.07, 6.45) is 5.41. The van der Waals surface area contributed by atoms with E-state index in [1.165, 1.54) is 11.3 Å². The molecule has 1 aliphatic rings. The van der Waals surface area contributed by atoms with Gasteiger partial charge in [0.1, 0.15) is 5.82 Å². The van der Waals surface area contributed by atoms with Gasteiger partial charge in [-0.3, -0.25) is 0 Å². The molecule has 3 aromatic rings. The number of aryl methyl sites for hydroxylation is 2. The van der Waals surface area contributed by atoms with Gasteiger partial charge in [-0.25, -0.2) is 4.98 Å². The average Bonchev–Trinajstić information content (AvgIpc) is 3.23. The Bertz CT molecular complexity index is 1010. The van der Waals surface area contributed by atoms with Crippen LogP contribution in [0.25, 0.3) is 16.8 Å². The topological polar surface area (TPSA) is 42.2 Å². The van der Waals surface area contributed by atoms with Crippen molar-refractivity contribution < 1.29 is 0 Å². The molecule has 0 fully saturated rings. The minimum atomic E-state index is 0.435. The maximum atomic E-state index is 6.57. The molecule has 6 heteroatoms. The van der Waals surface area contributed by atoms with Crippen LogP contribution in [-0.4, -0.2) is 20.6 Å². The largest absolute Gasteiger partial charge is 0.367 e. The van der Waals surface area contributed by atoms with Crippen LogP contribution in [0.3, 0.4) is 0 Å². The molecule has 0 bridgehead atoms. The second-order valence-electron chi connectivity index (χ2n) is 7.22. The molecule has 0 amide bonds. The number of hydrogen-bond acceptors (Lipinski definition) is 3. The van der Waals surface area contributed by atoms with Gasteiger partial charge in [-0.05, 0) is 51.2 Å². The van der Waals surface area contributed by atoms with Gasteiger partial charge in [0.25, 0.3) is 0 Å². The Labute approximate surface area is 173 Å². The highest BCUT2D eigenvalue weighted by molar-refractivity contribution is 9.10. The van der Waals surface area contributed by atoms with Gasteiger partial charge in [0.15, 0.2) is 5.65 Å². The number of rotatable bonds is 5. The summed E-state index contributed by atoms with van der Waals surface area (Å²) in [6, 6.07) is 6.42. The van der Waals surface area contributed by atoms with Crippen LogP contribution in [0.15, 0.2) is 22.7 Å². The molecular formula is C21H24BrClN4. The molecule has 0 atom stereocenters. The van der Waals surface area contributed by atoms with E-state index < -0.39 is 0 Å². The van der Waals surface area contributed by atoms with Gasteiger partial charge < -0.3 is 5.32 Å². The normalized spacial score (nSPS) is 13.6. The SMILES string of the molecule is CCC(CC)Nc1c2c(nc3c(-c4ccc(Br)cc4Cl)c(C)nn13)CCC2. The van der Waals surface area contributed by atoms with Crippen molar-refractivity contribution in [3.05, 3.63) is 44.6 Å². The molecule has 142 valence electrons. The van der Waals surface area contributed by atoms with Crippen molar-refractivity contribution in [1.29, 1.82) is 0 Å². The average molecular weight is 448 g/mol. The van der Waals surface area contributed by atoms with Crippen LogP contribution in [0.5, 0.6) is 0 Å². The highest BCUT2D eigenvalue weighted by Crippen LogP contribution is 2.38. The van der Waals surface area contributed by atoms with Crippen LogP contribution >= 0.6 is 27.5 Å². The van der Waals surface area contributed by atoms with Crippen LogP contribution in [0, 0.1) is 6.92 Å². The monoisotopic (exact) mass is 446 g/mol. The first kappa shape index (κ1) is 18.8. The summed E-state index contributed by atoms with van der Waals surface area (Å²) in [7, 11) is 0. The third-order valence-electron chi connectivity index (χ3n) is 5.49. The standard InChI is InChI=1S/C21H24BrClN4/c1-4-14(5-2)24-20-16-7-6-8-18(16)25-21-19(12(3)26-27(20)21)15-10-9-13(22)11-17(15)23/h9-11,14,24H,4-8H2,1-3H3. The van der Waals surface area contributed by atoms with Crippen molar-refractivity contribution in [2.45, 2.75) is 58.9 Å². The molecule has 4 rings (SSSR count). The van der Waals surface area contributed by atoms with E-state index in [4.69, 9.17) is 21.7 Å². The minimum Gasteiger partial charge on any atom is -0.367 e. The molecular weight excluding hydrogens is 424 g/mol. The lowest BCUT2D eigenvalue weighted by molar-refractivity contribution is 0.661. The van der Waals surface area contributed by atoms with Crippen LogP contribution in [-0.2, 0) is 12.8 Å². The van der Waals surface area contributed by atoms with E-state index in [1.54, 1.807) is 0 Å². The molecule has 0 spiro atoms. The molecule has 1 aliphatic carbocycles. The number of anilines is 1. The lowest BCUT2D eigenvalue weighted by Gasteiger charge is -2.19. The summed E-state index contributed by atoms with van der Waals surface area (Å²) < 4.78 is 2.97. The molecule has 0 unspecified atom stereocenters. The van der Waals surface area contributed by atoms with Gasteiger partial charge in [-0.2, -0.15) is 9.61 Å². The summed E-state index contributed by atoms with van der Waals surface area (Å²) in [4.78, 5) is 5.03. The molecule has 0 aliphatic heterocycles. The smallest absolute Gasteiger partial charge is 0.165 e. The molecule has 0 radical (unpaired) electrons. The quantitative estimate of drug-likeness (QED) is 0.505. The first-order valence-corrected chi connectivity index (χ1v) is 10.8. The Kier molecular flexibility index (Phi) is 5.17. The Hall–Kier alpha value is -1.59. The number of benzene rings is 1. The Balaban J connectivity index is 1.97. The van der Waals surface area contributed by atoms with Crippen molar-refractivity contribution in [3.8, 4) is 11.1 Å². The number of nitrogens with one attached hydrogen (secondary N) is 1. The molecule has 2 heterocycles. The second-order valence-corrected chi connectivity index (χ2v) is 8.54. The lowest BCUT2D eigenvalue weighted by atomic mass is 10.1. The Morgan fingerprint density at radius 3 is 2.74 bits per heavy atom. The maximum Gasteiger partial charge on any atom is 0.165 e. The maximum absolute atomic E-state index is 6.57. The first-order chi connectivity index (χ1) is 13.0. The predicted octanol–water partition coefficient (Wildman–Crippen LogP) is 6.21. The van der Waals surface area contributed by atoms with Crippen LogP contribution in [0.2, 0.25) is 5.02 Å². The van der Waals surface area contributed by atoms with Crippen LogP contribution < -0.4 is 5.32 Å². The first-order valence-electron chi connectivity index (χ1n) is 9.66. The fraction of sp³-hybridized carbons (Fsp3) is 0.429. The molecule has 4 nitrogen and oxygen atoms in total. The Morgan fingerprint density at radius 2 is 2.04 bits per heavy atom. The van der Waals surface area contributed by atoms with Gasteiger partial charge >= 0.3 is 0 Å². The van der Waals surface area contributed by atoms with E-state index in [9.17, 15) is 0 Å². The van der Waals surface area contributed by atoms with Gasteiger partial charge in [0, 0.05) is 32.4 Å². The van der Waals surface area contributed by atoms with E-state index in [0.29, 0.717) is 11.1 Å². The molecule has 27 heavy (non-hydrogen) atoms. The van der Waals surface area contributed by atoms with Gasteiger partial charge in [-0.15, -0.1) is 0 Å². The van der Waals surface area contributed by atoms with Gasteiger partial charge in [0.05, 0.1) is 11.3 Å². The zero-order valence-electron chi connectivity index (χ0n) is 15.9. The van der Waals surface area contributed by atoms with E-state index in [2.05, 4.69) is 35.1 Å². The van der Waals surface area contributed by atoms with Crippen LogP contribution in [0.4, 0.5) is 5.82 Å². The number of halogens is 2. The third kappa shape index (κ3) is 3.25.